The first-order chi connectivity index (χ1) is 10.5. The summed E-state index contributed by atoms with van der Waals surface area (Å²) >= 11 is 0. The number of benzene rings is 1. The number of carbonyl (C=O) groups excluding carboxylic acids is 2. The van der Waals surface area contributed by atoms with Crippen molar-refractivity contribution >= 4 is 17.6 Å². The minimum absolute atomic E-state index is 0.0434. The van der Waals surface area contributed by atoms with Gasteiger partial charge in [-0.05, 0) is 12.1 Å². The van der Waals surface area contributed by atoms with Crippen LogP contribution in [0.2, 0.25) is 0 Å². The summed E-state index contributed by atoms with van der Waals surface area (Å²) in [5.41, 5.74) is 0.444. The minimum atomic E-state index is -1.19. The van der Waals surface area contributed by atoms with E-state index >= 15 is 0 Å². The van der Waals surface area contributed by atoms with Crippen molar-refractivity contribution in [3.63, 3.8) is 0 Å². The highest BCUT2D eigenvalue weighted by Gasteiger charge is 2.30. The molecule has 1 saturated heterocycles. The summed E-state index contributed by atoms with van der Waals surface area (Å²) in [4.78, 5) is 25.7. The topological polar surface area (TPSA) is 98.3 Å². The molecule has 0 aromatic heterocycles. The van der Waals surface area contributed by atoms with E-state index in [2.05, 4.69) is 12.4 Å². The molecular weight excluding hydrogens is 286 g/mol. The Morgan fingerprint density at radius 3 is 2.59 bits per heavy atom. The predicted molar refractivity (Wildman–Crippen MR) is 77.5 cm³/mol. The summed E-state index contributed by atoms with van der Waals surface area (Å²) in [6.07, 6.45) is -0.133. The van der Waals surface area contributed by atoms with Crippen molar-refractivity contribution in [2.75, 3.05) is 38.5 Å². The number of rotatable bonds is 5. The normalized spacial score (nSPS) is 22.8. The number of carboxylic acid groups (broad SMARTS) is 1. The number of amides is 1. The van der Waals surface area contributed by atoms with Crippen LogP contribution >= 0.6 is 0 Å². The molecule has 22 heavy (non-hydrogen) atoms. The van der Waals surface area contributed by atoms with E-state index in [1.807, 2.05) is 0 Å². The molecule has 1 fully saturated rings. The fraction of sp³-hybridized carbons (Fsp3) is 0.467. The predicted octanol–water partition coefficient (Wildman–Crippen LogP) is -3.75. The maximum atomic E-state index is 12.0. The van der Waals surface area contributed by atoms with Gasteiger partial charge >= 0.3 is 0 Å². The Bertz CT molecular complexity index is 541. The molecule has 1 atom stereocenters. The lowest BCUT2D eigenvalue weighted by molar-refractivity contribution is -1.01. The molecule has 0 bridgehead atoms. The van der Waals surface area contributed by atoms with E-state index in [1.54, 1.807) is 12.1 Å². The van der Waals surface area contributed by atoms with E-state index in [0.717, 1.165) is 18.0 Å². The average Bonchev–Trinajstić information content (AvgIpc) is 2.45. The van der Waals surface area contributed by atoms with Crippen LogP contribution in [0.25, 0.3) is 0 Å². The standard InChI is InChI=1S/C15H21N3O4/c1-17-5-7-18(8-6-17)13(15(21)22)10-14(20)16-11-3-2-4-12(19)9-11/h2-4,9,13,19H,5-8,10H2,1H3,(H,16,20)(H,21,22)/p+1/t13-/m0/s1. The summed E-state index contributed by atoms with van der Waals surface area (Å²) in [6.45, 7) is 3.19. The molecule has 1 aromatic carbocycles. The van der Waals surface area contributed by atoms with Crippen LogP contribution in [0.4, 0.5) is 5.69 Å². The number of phenols is 1. The fourth-order valence-electron chi connectivity index (χ4n) is 2.72. The van der Waals surface area contributed by atoms with E-state index in [-0.39, 0.29) is 12.2 Å². The number of aliphatic carboxylic acids is 1. The number of piperazine rings is 1. The molecule has 7 heteroatoms. The van der Waals surface area contributed by atoms with Gasteiger partial charge in [0.1, 0.15) is 38.0 Å². The number of carboxylic acids is 1. The van der Waals surface area contributed by atoms with Crippen LogP contribution in [0.15, 0.2) is 24.3 Å². The number of anilines is 1. The lowest BCUT2D eigenvalue weighted by Crippen LogP contribution is -3.29. The van der Waals surface area contributed by atoms with E-state index in [4.69, 9.17) is 0 Å². The molecule has 0 spiro atoms. The maximum Gasteiger partial charge on any atom is 0.230 e. The lowest BCUT2D eigenvalue weighted by Gasteiger charge is -2.33. The van der Waals surface area contributed by atoms with Crippen molar-refractivity contribution < 1.29 is 29.6 Å². The Morgan fingerprint density at radius 1 is 1.32 bits per heavy atom. The van der Waals surface area contributed by atoms with Crippen LogP contribution in [-0.2, 0) is 9.59 Å². The Kier molecular flexibility index (Phi) is 5.35. The third-order valence-corrected chi connectivity index (χ3v) is 4.04. The third kappa shape index (κ3) is 4.44. The van der Waals surface area contributed by atoms with Crippen molar-refractivity contribution in [1.82, 2.24) is 0 Å². The second kappa shape index (κ2) is 7.24. The van der Waals surface area contributed by atoms with Crippen LogP contribution in [-0.4, -0.2) is 56.3 Å². The van der Waals surface area contributed by atoms with Gasteiger partial charge in [0.25, 0.3) is 0 Å². The first-order valence-electron chi connectivity index (χ1n) is 7.41. The second-order valence-electron chi connectivity index (χ2n) is 5.79. The zero-order valence-electron chi connectivity index (χ0n) is 12.6. The van der Waals surface area contributed by atoms with Gasteiger partial charge in [-0.25, -0.2) is 0 Å². The second-order valence-corrected chi connectivity index (χ2v) is 5.79. The van der Waals surface area contributed by atoms with Gasteiger partial charge in [-0.15, -0.1) is 0 Å². The molecule has 0 saturated carbocycles. The molecule has 0 radical (unpaired) electrons. The Balaban J connectivity index is 1.95. The van der Waals surface area contributed by atoms with Crippen molar-refractivity contribution in [3.8, 4) is 5.75 Å². The van der Waals surface area contributed by atoms with Gasteiger partial charge in [-0.3, -0.25) is 4.79 Å². The molecule has 2 rings (SSSR count). The molecule has 1 heterocycles. The smallest absolute Gasteiger partial charge is 0.230 e. The summed E-state index contributed by atoms with van der Waals surface area (Å²) in [5.74, 6) is -1.54. The first kappa shape index (κ1) is 16.3. The summed E-state index contributed by atoms with van der Waals surface area (Å²) < 4.78 is 0. The number of nitrogens with one attached hydrogen (secondary N) is 3. The van der Waals surface area contributed by atoms with Gasteiger partial charge < -0.3 is 30.1 Å². The van der Waals surface area contributed by atoms with Crippen molar-refractivity contribution in [1.29, 1.82) is 0 Å². The zero-order chi connectivity index (χ0) is 16.1. The number of quaternary nitrogens is 2. The summed E-state index contributed by atoms with van der Waals surface area (Å²) in [5, 5.41) is 23.3. The number of hydrogen-bond donors (Lipinski definition) is 4. The summed E-state index contributed by atoms with van der Waals surface area (Å²) in [6, 6.07) is 5.31. The first-order valence-corrected chi connectivity index (χ1v) is 7.41. The van der Waals surface area contributed by atoms with E-state index in [1.165, 1.54) is 17.0 Å². The molecule has 1 amide bonds. The van der Waals surface area contributed by atoms with Crippen LogP contribution in [0.1, 0.15) is 6.42 Å². The highest BCUT2D eigenvalue weighted by molar-refractivity contribution is 5.93. The monoisotopic (exact) mass is 308 g/mol. The average molecular weight is 308 g/mol. The third-order valence-electron chi connectivity index (χ3n) is 4.04. The maximum absolute atomic E-state index is 12.0. The van der Waals surface area contributed by atoms with Crippen LogP contribution in [0, 0.1) is 0 Å². The number of carbonyl (C=O) groups is 2. The highest BCUT2D eigenvalue weighted by Crippen LogP contribution is 2.15. The largest absolute Gasteiger partial charge is 0.544 e. The molecule has 1 aliphatic rings. The Hall–Kier alpha value is -2.12. The van der Waals surface area contributed by atoms with Crippen molar-refractivity contribution in [3.05, 3.63) is 24.3 Å². The van der Waals surface area contributed by atoms with Crippen LogP contribution in [0.5, 0.6) is 5.75 Å². The van der Waals surface area contributed by atoms with E-state index in [9.17, 15) is 19.8 Å². The number of hydrogen-bond acceptors (Lipinski definition) is 4. The van der Waals surface area contributed by atoms with Gasteiger partial charge in [0.15, 0.2) is 0 Å². The number of aromatic hydroxyl groups is 1. The van der Waals surface area contributed by atoms with Gasteiger partial charge in [0.05, 0.1) is 19.4 Å². The zero-order valence-corrected chi connectivity index (χ0v) is 12.6. The molecule has 0 aliphatic carbocycles. The summed E-state index contributed by atoms with van der Waals surface area (Å²) in [7, 11) is 2.07. The van der Waals surface area contributed by atoms with Gasteiger partial charge in [0, 0.05) is 11.8 Å². The molecule has 1 aliphatic heterocycles. The van der Waals surface area contributed by atoms with Crippen molar-refractivity contribution in [2.24, 2.45) is 0 Å². The van der Waals surface area contributed by atoms with Crippen LogP contribution in [0.3, 0.4) is 0 Å². The van der Waals surface area contributed by atoms with Crippen molar-refractivity contribution in [2.45, 2.75) is 12.5 Å². The number of likely N-dealkylation sites (N-methyl/N-ethyl adjacent to an activating group) is 1. The fourth-order valence-corrected chi connectivity index (χ4v) is 2.72. The lowest BCUT2D eigenvalue weighted by atomic mass is 10.1. The molecule has 1 aromatic rings. The molecule has 0 unspecified atom stereocenters. The van der Waals surface area contributed by atoms with Gasteiger partial charge in [-0.1, -0.05) is 6.07 Å². The van der Waals surface area contributed by atoms with Gasteiger partial charge in [0.2, 0.25) is 5.91 Å². The Morgan fingerprint density at radius 2 is 2.00 bits per heavy atom. The molecule has 7 nitrogen and oxygen atoms in total. The minimum Gasteiger partial charge on any atom is -0.544 e. The quantitative estimate of drug-likeness (QED) is 0.449. The van der Waals surface area contributed by atoms with E-state index < -0.39 is 17.9 Å². The highest BCUT2D eigenvalue weighted by atomic mass is 16.4. The number of phenolic OH excluding ortho intramolecular Hbond substituents is 1. The SMILES string of the molecule is C[NH+]1CC[NH+]([C@@H](CC(=O)Nc2cccc(O)c2)C(=O)[O-])CC1. The van der Waals surface area contributed by atoms with E-state index in [0.29, 0.717) is 18.8 Å². The van der Waals surface area contributed by atoms with Gasteiger partial charge in [-0.2, -0.15) is 0 Å². The molecular formula is C15H22N3O4+. The molecule has 4 N–H and O–H groups in total. The molecule has 120 valence electrons. The van der Waals surface area contributed by atoms with Crippen LogP contribution < -0.4 is 20.2 Å². The Labute approximate surface area is 129 Å².